The second-order valence-corrected chi connectivity index (χ2v) is 7.67. The average Bonchev–Trinajstić information content (AvgIpc) is 2.78. The van der Waals surface area contributed by atoms with Crippen molar-refractivity contribution < 1.29 is 9.59 Å². The Labute approximate surface area is 172 Å². The SMILES string of the molecule is CCC(C)C(NC(=O)c1ccccc1)C(=O)N1CCN(Cc2cccnc2)CC1. The molecule has 2 amide bonds. The highest BCUT2D eigenvalue weighted by Crippen LogP contribution is 2.15. The third kappa shape index (κ3) is 5.64. The van der Waals surface area contributed by atoms with Gasteiger partial charge in [-0.05, 0) is 29.7 Å². The topological polar surface area (TPSA) is 65.5 Å². The molecule has 1 aromatic carbocycles. The molecule has 2 unspecified atom stereocenters. The molecule has 0 spiro atoms. The van der Waals surface area contributed by atoms with Crippen LogP contribution in [0.15, 0.2) is 54.9 Å². The van der Waals surface area contributed by atoms with E-state index in [2.05, 4.69) is 21.3 Å². The van der Waals surface area contributed by atoms with Gasteiger partial charge in [0.1, 0.15) is 6.04 Å². The summed E-state index contributed by atoms with van der Waals surface area (Å²) in [6.45, 7) is 7.90. The van der Waals surface area contributed by atoms with Crippen molar-refractivity contribution in [1.82, 2.24) is 20.1 Å². The van der Waals surface area contributed by atoms with Gasteiger partial charge in [0.25, 0.3) is 5.91 Å². The number of aromatic nitrogens is 1. The summed E-state index contributed by atoms with van der Waals surface area (Å²) < 4.78 is 0. The number of rotatable bonds is 7. The van der Waals surface area contributed by atoms with E-state index in [1.54, 1.807) is 18.3 Å². The summed E-state index contributed by atoms with van der Waals surface area (Å²) in [5, 5.41) is 2.98. The van der Waals surface area contributed by atoms with Gasteiger partial charge in [-0.1, -0.05) is 44.5 Å². The van der Waals surface area contributed by atoms with Crippen LogP contribution < -0.4 is 5.32 Å². The van der Waals surface area contributed by atoms with Gasteiger partial charge in [-0.3, -0.25) is 19.5 Å². The molecule has 1 saturated heterocycles. The zero-order valence-corrected chi connectivity index (χ0v) is 17.3. The van der Waals surface area contributed by atoms with Gasteiger partial charge >= 0.3 is 0 Å². The maximum absolute atomic E-state index is 13.2. The van der Waals surface area contributed by atoms with Gasteiger partial charge in [0.05, 0.1) is 0 Å². The molecule has 2 atom stereocenters. The van der Waals surface area contributed by atoms with Crippen molar-refractivity contribution in [3.8, 4) is 0 Å². The summed E-state index contributed by atoms with van der Waals surface area (Å²) in [6.07, 6.45) is 4.49. The summed E-state index contributed by atoms with van der Waals surface area (Å²) in [4.78, 5) is 34.2. The zero-order chi connectivity index (χ0) is 20.6. The Morgan fingerprint density at radius 3 is 2.41 bits per heavy atom. The Morgan fingerprint density at radius 1 is 1.07 bits per heavy atom. The van der Waals surface area contributed by atoms with E-state index in [9.17, 15) is 9.59 Å². The first-order valence-corrected chi connectivity index (χ1v) is 10.3. The molecule has 1 N–H and O–H groups in total. The van der Waals surface area contributed by atoms with Crippen LogP contribution in [0.1, 0.15) is 36.2 Å². The normalized spacial score (nSPS) is 16.8. The first kappa shape index (κ1) is 21.0. The number of piperazine rings is 1. The van der Waals surface area contributed by atoms with E-state index in [0.717, 1.165) is 26.1 Å². The van der Waals surface area contributed by atoms with Crippen molar-refractivity contribution in [1.29, 1.82) is 0 Å². The number of hydrogen-bond donors (Lipinski definition) is 1. The average molecular weight is 395 g/mol. The van der Waals surface area contributed by atoms with Gasteiger partial charge in [0, 0.05) is 50.7 Å². The molecule has 6 nitrogen and oxygen atoms in total. The molecule has 2 aromatic rings. The minimum absolute atomic E-state index is 0.0182. The maximum atomic E-state index is 13.2. The molecule has 1 aliphatic rings. The van der Waals surface area contributed by atoms with Crippen LogP contribution in [0.3, 0.4) is 0 Å². The number of benzene rings is 1. The number of pyridine rings is 1. The monoisotopic (exact) mass is 394 g/mol. The van der Waals surface area contributed by atoms with Gasteiger partial charge < -0.3 is 10.2 Å². The first-order chi connectivity index (χ1) is 14.1. The quantitative estimate of drug-likeness (QED) is 0.784. The molecular formula is C23H30N4O2. The molecule has 0 aliphatic carbocycles. The van der Waals surface area contributed by atoms with Gasteiger partial charge in [-0.2, -0.15) is 0 Å². The number of nitrogens with zero attached hydrogens (tertiary/aromatic N) is 3. The van der Waals surface area contributed by atoms with Crippen molar-refractivity contribution in [3.63, 3.8) is 0 Å². The fourth-order valence-electron chi connectivity index (χ4n) is 3.57. The minimum atomic E-state index is -0.502. The van der Waals surface area contributed by atoms with Crippen molar-refractivity contribution in [2.24, 2.45) is 5.92 Å². The van der Waals surface area contributed by atoms with Crippen molar-refractivity contribution in [3.05, 3.63) is 66.0 Å². The largest absolute Gasteiger partial charge is 0.340 e. The van der Waals surface area contributed by atoms with Gasteiger partial charge in [-0.15, -0.1) is 0 Å². The highest BCUT2D eigenvalue weighted by molar-refractivity contribution is 5.97. The van der Waals surface area contributed by atoms with Gasteiger partial charge in [-0.25, -0.2) is 0 Å². The molecule has 0 radical (unpaired) electrons. The number of carbonyl (C=O) groups excluding carboxylic acids is 2. The van der Waals surface area contributed by atoms with Crippen LogP contribution in [0, 0.1) is 5.92 Å². The Hall–Kier alpha value is -2.73. The summed E-state index contributed by atoms with van der Waals surface area (Å²) in [6, 6.07) is 12.6. The van der Waals surface area contributed by atoms with Crippen LogP contribution in [-0.4, -0.2) is 58.8 Å². The molecule has 0 saturated carbocycles. The number of carbonyl (C=O) groups is 2. The first-order valence-electron chi connectivity index (χ1n) is 10.3. The molecule has 2 heterocycles. The van der Waals surface area contributed by atoms with Crippen LogP contribution in [0.2, 0.25) is 0 Å². The van der Waals surface area contributed by atoms with Crippen LogP contribution in [0.25, 0.3) is 0 Å². The van der Waals surface area contributed by atoms with E-state index in [4.69, 9.17) is 0 Å². The fourth-order valence-corrected chi connectivity index (χ4v) is 3.57. The standard InChI is InChI=1S/C23H30N4O2/c1-3-18(2)21(25-22(28)20-9-5-4-6-10-20)23(29)27-14-12-26(13-15-27)17-19-8-7-11-24-16-19/h4-11,16,18,21H,3,12-15,17H2,1-2H3,(H,25,28). The minimum Gasteiger partial charge on any atom is -0.340 e. The lowest BCUT2D eigenvalue weighted by Crippen LogP contribution is -2.56. The Bertz CT molecular complexity index is 789. The predicted octanol–water partition coefficient (Wildman–Crippen LogP) is 2.57. The molecule has 0 bridgehead atoms. The van der Waals surface area contributed by atoms with E-state index in [1.807, 2.05) is 49.2 Å². The molecule has 1 aromatic heterocycles. The van der Waals surface area contributed by atoms with Crippen LogP contribution >= 0.6 is 0 Å². The van der Waals surface area contributed by atoms with Crippen molar-refractivity contribution in [2.75, 3.05) is 26.2 Å². The Kier molecular flexibility index (Phi) is 7.36. The molecule has 29 heavy (non-hydrogen) atoms. The lowest BCUT2D eigenvalue weighted by atomic mass is 9.97. The maximum Gasteiger partial charge on any atom is 0.251 e. The van der Waals surface area contributed by atoms with Crippen molar-refractivity contribution in [2.45, 2.75) is 32.9 Å². The highest BCUT2D eigenvalue weighted by Gasteiger charge is 2.32. The Balaban J connectivity index is 1.59. The summed E-state index contributed by atoms with van der Waals surface area (Å²) in [7, 11) is 0. The lowest BCUT2D eigenvalue weighted by molar-refractivity contribution is -0.136. The number of amides is 2. The molecule has 1 fully saturated rings. The van der Waals surface area contributed by atoms with Crippen molar-refractivity contribution >= 4 is 11.8 Å². The summed E-state index contributed by atoms with van der Waals surface area (Å²) in [5.74, 6) is -0.104. The van der Waals surface area contributed by atoms with E-state index in [1.165, 1.54) is 5.56 Å². The third-order valence-electron chi connectivity index (χ3n) is 5.61. The predicted molar refractivity (Wildman–Crippen MR) is 113 cm³/mol. The molecule has 154 valence electrons. The molecular weight excluding hydrogens is 364 g/mol. The third-order valence-corrected chi connectivity index (χ3v) is 5.61. The smallest absolute Gasteiger partial charge is 0.251 e. The zero-order valence-electron chi connectivity index (χ0n) is 17.3. The van der Waals surface area contributed by atoms with E-state index >= 15 is 0 Å². The second-order valence-electron chi connectivity index (χ2n) is 7.67. The summed E-state index contributed by atoms with van der Waals surface area (Å²) >= 11 is 0. The fraction of sp³-hybridized carbons (Fsp3) is 0.435. The number of hydrogen-bond acceptors (Lipinski definition) is 4. The van der Waals surface area contributed by atoms with E-state index in [-0.39, 0.29) is 17.7 Å². The Morgan fingerprint density at radius 2 is 1.79 bits per heavy atom. The highest BCUT2D eigenvalue weighted by atomic mass is 16.2. The van der Waals surface area contributed by atoms with Crippen LogP contribution in [-0.2, 0) is 11.3 Å². The van der Waals surface area contributed by atoms with Crippen LogP contribution in [0.4, 0.5) is 0 Å². The van der Waals surface area contributed by atoms with E-state index in [0.29, 0.717) is 18.7 Å². The van der Waals surface area contributed by atoms with Crippen LogP contribution in [0.5, 0.6) is 0 Å². The second kappa shape index (κ2) is 10.2. The molecule has 6 heteroatoms. The molecule has 3 rings (SSSR count). The summed E-state index contributed by atoms with van der Waals surface area (Å²) in [5.41, 5.74) is 1.76. The van der Waals surface area contributed by atoms with Gasteiger partial charge in [0.15, 0.2) is 0 Å². The molecule has 1 aliphatic heterocycles. The van der Waals surface area contributed by atoms with E-state index < -0.39 is 6.04 Å². The van der Waals surface area contributed by atoms with Gasteiger partial charge in [0.2, 0.25) is 5.91 Å². The number of nitrogens with one attached hydrogen (secondary N) is 1. The lowest BCUT2D eigenvalue weighted by Gasteiger charge is -2.37.